The minimum atomic E-state index is -0.967. The molecule has 0 aromatic heterocycles. The SMILES string of the molecule is CCCCCCCCCCCC[C@@H](O)[C@H](O)CC[C@H](O)C[C@@H](O)C[C@H](O)[C@@H]1CC[C@@H]([C@H](O)CC[C@@H](O)CC2=C[C@H](C)OC2=O)O1. The molecule has 0 amide bonds. The van der Waals surface area contributed by atoms with Crippen molar-refractivity contribution in [1.82, 2.24) is 0 Å². The van der Waals surface area contributed by atoms with Crippen LogP contribution in [0.2, 0.25) is 0 Å². The number of aliphatic hydroxyl groups excluding tert-OH is 7. The van der Waals surface area contributed by atoms with Gasteiger partial charge in [0.05, 0.1) is 54.9 Å². The molecule has 10 heteroatoms. The Morgan fingerprint density at radius 2 is 1.22 bits per heavy atom. The van der Waals surface area contributed by atoms with Crippen molar-refractivity contribution in [2.24, 2.45) is 0 Å². The number of hydrogen-bond donors (Lipinski definition) is 7. The Balaban J connectivity index is 1.54. The first kappa shape index (κ1) is 40.1. The van der Waals surface area contributed by atoms with Crippen molar-refractivity contribution < 1.29 is 50.0 Å². The van der Waals surface area contributed by atoms with Crippen molar-refractivity contribution in [2.45, 2.75) is 203 Å². The summed E-state index contributed by atoms with van der Waals surface area (Å²) in [5, 5.41) is 72.9. The highest BCUT2D eigenvalue weighted by molar-refractivity contribution is 5.90. The van der Waals surface area contributed by atoms with Gasteiger partial charge in [-0.05, 0) is 64.4 Å². The van der Waals surface area contributed by atoms with Gasteiger partial charge in [-0.2, -0.15) is 0 Å². The van der Waals surface area contributed by atoms with E-state index in [0.717, 1.165) is 19.3 Å². The Morgan fingerprint density at radius 3 is 1.82 bits per heavy atom. The fourth-order valence-corrected chi connectivity index (χ4v) is 6.49. The lowest BCUT2D eigenvalue weighted by Crippen LogP contribution is -2.34. The van der Waals surface area contributed by atoms with Crippen LogP contribution in [-0.4, -0.2) is 103 Å². The zero-order valence-electron chi connectivity index (χ0n) is 27.8. The van der Waals surface area contributed by atoms with Crippen molar-refractivity contribution >= 4 is 5.97 Å². The van der Waals surface area contributed by atoms with E-state index in [9.17, 15) is 40.5 Å². The van der Waals surface area contributed by atoms with Gasteiger partial charge < -0.3 is 45.2 Å². The molecular weight excluding hydrogens is 580 g/mol. The zero-order valence-corrected chi connectivity index (χ0v) is 27.8. The third-order valence-electron chi connectivity index (χ3n) is 9.34. The second-order valence-corrected chi connectivity index (χ2v) is 13.6. The summed E-state index contributed by atoms with van der Waals surface area (Å²) in [5.41, 5.74) is 0.446. The molecule has 264 valence electrons. The topological polar surface area (TPSA) is 177 Å². The number of cyclic esters (lactones) is 1. The Hall–Kier alpha value is -1.11. The first-order valence-electron chi connectivity index (χ1n) is 17.8. The maximum atomic E-state index is 11.7. The van der Waals surface area contributed by atoms with E-state index in [2.05, 4.69) is 6.92 Å². The molecule has 2 heterocycles. The fraction of sp³-hybridized carbons (Fsp3) is 0.914. The summed E-state index contributed by atoms with van der Waals surface area (Å²) in [4.78, 5) is 11.7. The van der Waals surface area contributed by atoms with Crippen LogP contribution in [0.5, 0.6) is 0 Å². The summed E-state index contributed by atoms with van der Waals surface area (Å²) in [6.45, 7) is 3.98. The second-order valence-electron chi connectivity index (χ2n) is 13.6. The summed E-state index contributed by atoms with van der Waals surface area (Å²) < 4.78 is 10.9. The molecule has 2 aliphatic heterocycles. The van der Waals surface area contributed by atoms with E-state index >= 15 is 0 Å². The van der Waals surface area contributed by atoms with E-state index in [-0.39, 0.29) is 51.0 Å². The third kappa shape index (κ3) is 16.5. The van der Waals surface area contributed by atoms with Gasteiger partial charge in [-0.25, -0.2) is 4.79 Å². The van der Waals surface area contributed by atoms with Crippen LogP contribution >= 0.6 is 0 Å². The molecule has 10 nitrogen and oxygen atoms in total. The number of carbonyl (C=O) groups is 1. The van der Waals surface area contributed by atoms with Gasteiger partial charge in [0, 0.05) is 18.4 Å². The molecule has 2 aliphatic rings. The molecule has 0 aromatic rings. The summed E-state index contributed by atoms with van der Waals surface area (Å²) in [7, 11) is 0. The van der Waals surface area contributed by atoms with Gasteiger partial charge in [-0.15, -0.1) is 0 Å². The van der Waals surface area contributed by atoms with Crippen molar-refractivity contribution in [3.05, 3.63) is 11.6 Å². The molecule has 0 saturated carbocycles. The highest BCUT2D eigenvalue weighted by Crippen LogP contribution is 2.29. The average Bonchev–Trinajstić information content (AvgIpc) is 3.61. The van der Waals surface area contributed by atoms with Crippen LogP contribution in [0.4, 0.5) is 0 Å². The number of esters is 1. The normalized spacial score (nSPS) is 25.0. The third-order valence-corrected chi connectivity index (χ3v) is 9.34. The minimum absolute atomic E-state index is 0.0107. The van der Waals surface area contributed by atoms with Gasteiger partial charge in [-0.3, -0.25) is 0 Å². The molecule has 0 aromatic carbocycles. The predicted molar refractivity (Wildman–Crippen MR) is 172 cm³/mol. The molecule has 0 radical (unpaired) electrons. The monoisotopic (exact) mass is 644 g/mol. The molecule has 45 heavy (non-hydrogen) atoms. The summed E-state index contributed by atoms with van der Waals surface area (Å²) in [5.74, 6) is -0.418. The summed E-state index contributed by atoms with van der Waals surface area (Å²) >= 11 is 0. The van der Waals surface area contributed by atoms with Gasteiger partial charge in [-0.1, -0.05) is 71.1 Å². The van der Waals surface area contributed by atoms with Crippen LogP contribution in [0.1, 0.15) is 142 Å². The van der Waals surface area contributed by atoms with Crippen molar-refractivity contribution in [3.63, 3.8) is 0 Å². The fourth-order valence-electron chi connectivity index (χ4n) is 6.49. The van der Waals surface area contributed by atoms with Gasteiger partial charge in [0.1, 0.15) is 6.10 Å². The van der Waals surface area contributed by atoms with E-state index in [0.29, 0.717) is 24.8 Å². The molecule has 0 unspecified atom stereocenters. The van der Waals surface area contributed by atoms with E-state index in [1.807, 2.05) is 0 Å². The summed E-state index contributed by atoms with van der Waals surface area (Å²) in [6.07, 6.45) is 9.08. The highest BCUT2D eigenvalue weighted by atomic mass is 16.5. The lowest BCUT2D eigenvalue weighted by Gasteiger charge is -2.25. The van der Waals surface area contributed by atoms with Gasteiger partial charge in [0.15, 0.2) is 0 Å². The van der Waals surface area contributed by atoms with Crippen molar-refractivity contribution in [1.29, 1.82) is 0 Å². The van der Waals surface area contributed by atoms with Crippen molar-refractivity contribution in [3.8, 4) is 0 Å². The molecule has 0 bridgehead atoms. The van der Waals surface area contributed by atoms with E-state index in [1.54, 1.807) is 13.0 Å². The lowest BCUT2D eigenvalue weighted by atomic mass is 9.96. The number of hydrogen-bond acceptors (Lipinski definition) is 10. The molecular formula is C35H64O10. The van der Waals surface area contributed by atoms with Crippen LogP contribution in [-0.2, 0) is 14.3 Å². The Kier molecular flexibility index (Phi) is 20.0. The van der Waals surface area contributed by atoms with Crippen LogP contribution in [0, 0.1) is 0 Å². The largest absolute Gasteiger partial charge is 0.455 e. The zero-order chi connectivity index (χ0) is 33.2. The maximum Gasteiger partial charge on any atom is 0.334 e. The first-order chi connectivity index (χ1) is 21.5. The molecule has 10 atom stereocenters. The molecule has 7 N–H and O–H groups in total. The van der Waals surface area contributed by atoms with Crippen LogP contribution in [0.25, 0.3) is 0 Å². The van der Waals surface area contributed by atoms with E-state index in [4.69, 9.17) is 9.47 Å². The van der Waals surface area contributed by atoms with Gasteiger partial charge in [0.25, 0.3) is 0 Å². The number of aliphatic hydroxyl groups is 7. The second kappa shape index (κ2) is 22.5. The molecule has 1 saturated heterocycles. The van der Waals surface area contributed by atoms with Crippen LogP contribution in [0.3, 0.4) is 0 Å². The number of ether oxygens (including phenoxy) is 2. The molecule has 0 aliphatic carbocycles. The van der Waals surface area contributed by atoms with Crippen LogP contribution in [0.15, 0.2) is 11.6 Å². The molecule has 0 spiro atoms. The summed E-state index contributed by atoms with van der Waals surface area (Å²) in [6, 6.07) is 0. The van der Waals surface area contributed by atoms with Gasteiger partial charge in [0.2, 0.25) is 0 Å². The smallest absolute Gasteiger partial charge is 0.334 e. The van der Waals surface area contributed by atoms with E-state index in [1.165, 1.54) is 44.9 Å². The van der Waals surface area contributed by atoms with Crippen LogP contribution < -0.4 is 0 Å². The first-order valence-corrected chi connectivity index (χ1v) is 17.8. The lowest BCUT2D eigenvalue weighted by molar-refractivity contribution is -0.139. The quantitative estimate of drug-likeness (QED) is 0.0539. The molecule has 2 rings (SSSR count). The highest BCUT2D eigenvalue weighted by Gasteiger charge is 2.36. The number of carbonyl (C=O) groups excluding carboxylic acids is 1. The van der Waals surface area contributed by atoms with E-state index < -0.39 is 60.9 Å². The number of rotatable bonds is 26. The Morgan fingerprint density at radius 1 is 0.667 bits per heavy atom. The molecule has 1 fully saturated rings. The minimum Gasteiger partial charge on any atom is -0.455 e. The Bertz CT molecular complexity index is 822. The van der Waals surface area contributed by atoms with Gasteiger partial charge >= 0.3 is 5.97 Å². The standard InChI is InChI=1S/C35H64O10/c1-3-4-5-6-7-8-9-10-11-12-13-29(39)30(40)16-14-27(37)22-28(38)23-32(42)34-19-18-33(45-34)31(41)17-15-26(36)21-25-20-24(2)44-35(25)43/h20,24,26-34,36-42H,3-19,21-23H2,1-2H3/t24-,26+,27-,28+,29+,30+,31+,32-,33-,34-/m0/s1. The number of unbranched alkanes of at least 4 members (excludes halogenated alkanes) is 9. The van der Waals surface area contributed by atoms with Crippen molar-refractivity contribution in [2.75, 3.05) is 0 Å². The Labute approximate surface area is 270 Å². The predicted octanol–water partition coefficient (Wildman–Crippen LogP) is 3.97. The maximum absolute atomic E-state index is 11.7. The average molecular weight is 645 g/mol.